The van der Waals surface area contributed by atoms with E-state index in [0.29, 0.717) is 29.4 Å². The number of amides is 1. The molecular weight excluding hydrogens is 507 g/mol. The van der Waals surface area contributed by atoms with E-state index < -0.39 is 29.7 Å². The fraction of sp³-hybridized carbons (Fsp3) is 0.414. The van der Waals surface area contributed by atoms with Gasteiger partial charge in [-0.05, 0) is 61.9 Å². The molecule has 1 aliphatic carbocycles. The van der Waals surface area contributed by atoms with Crippen molar-refractivity contribution in [2.24, 2.45) is 13.0 Å². The van der Waals surface area contributed by atoms with Crippen molar-refractivity contribution in [2.75, 3.05) is 0 Å². The molecular formula is C29H30F3N5O2. The maximum absolute atomic E-state index is 14.4. The van der Waals surface area contributed by atoms with Crippen LogP contribution in [0.3, 0.4) is 0 Å². The Bertz CT molecular complexity index is 1570. The highest BCUT2D eigenvalue weighted by atomic mass is 19.4. The summed E-state index contributed by atoms with van der Waals surface area (Å²) in [6.07, 6.45) is -1.58. The Labute approximate surface area is 224 Å². The fourth-order valence-corrected chi connectivity index (χ4v) is 4.85. The van der Waals surface area contributed by atoms with Crippen LogP contribution >= 0.6 is 0 Å². The number of benzene rings is 2. The summed E-state index contributed by atoms with van der Waals surface area (Å²) in [5.41, 5.74) is 1.52. The second-order valence-electron chi connectivity index (χ2n) is 10.9. The maximum Gasteiger partial charge on any atom is 0.407 e. The summed E-state index contributed by atoms with van der Waals surface area (Å²) < 4.78 is 51.0. The number of nitrogens with one attached hydrogen (secondary N) is 2. The zero-order valence-corrected chi connectivity index (χ0v) is 22.2. The SMILES string of the molecule is Cc1nc(-c2ccc3oc4cc(C(NC(CC(C)C)C(=O)NC5(C#N)CC5)C(F)(F)F)ccc4c3c2)cn1C. The van der Waals surface area contributed by atoms with Crippen molar-refractivity contribution in [1.82, 2.24) is 20.2 Å². The Morgan fingerprint density at radius 2 is 1.92 bits per heavy atom. The van der Waals surface area contributed by atoms with Crippen molar-refractivity contribution in [3.05, 3.63) is 54.0 Å². The van der Waals surface area contributed by atoms with Crippen molar-refractivity contribution < 1.29 is 22.4 Å². The van der Waals surface area contributed by atoms with Crippen LogP contribution in [-0.4, -0.2) is 33.2 Å². The monoisotopic (exact) mass is 537 g/mol. The third-order valence-corrected chi connectivity index (χ3v) is 7.28. The predicted molar refractivity (Wildman–Crippen MR) is 142 cm³/mol. The third-order valence-electron chi connectivity index (χ3n) is 7.28. The Balaban J connectivity index is 1.48. The molecule has 2 heterocycles. The average molecular weight is 538 g/mol. The van der Waals surface area contributed by atoms with Crippen LogP contribution in [0, 0.1) is 24.2 Å². The number of aryl methyl sites for hydroxylation is 2. The van der Waals surface area contributed by atoms with E-state index in [1.165, 1.54) is 12.1 Å². The van der Waals surface area contributed by atoms with Gasteiger partial charge in [0.25, 0.3) is 0 Å². The lowest BCUT2D eigenvalue weighted by Crippen LogP contribution is -2.52. The molecule has 0 spiro atoms. The van der Waals surface area contributed by atoms with E-state index in [1.807, 2.05) is 50.7 Å². The topological polar surface area (TPSA) is 95.9 Å². The van der Waals surface area contributed by atoms with Gasteiger partial charge in [-0.1, -0.05) is 26.0 Å². The number of furan rings is 1. The minimum atomic E-state index is -4.67. The molecule has 1 fully saturated rings. The Morgan fingerprint density at radius 3 is 2.51 bits per heavy atom. The number of carbonyl (C=O) groups is 1. The summed E-state index contributed by atoms with van der Waals surface area (Å²) in [5, 5.41) is 16.0. The Kier molecular flexibility index (Phi) is 6.67. The number of alkyl halides is 3. The molecule has 10 heteroatoms. The number of carbonyl (C=O) groups excluding carboxylic acids is 1. The van der Waals surface area contributed by atoms with E-state index in [2.05, 4.69) is 21.7 Å². The summed E-state index contributed by atoms with van der Waals surface area (Å²) >= 11 is 0. The number of hydrogen-bond donors (Lipinski definition) is 2. The van der Waals surface area contributed by atoms with Gasteiger partial charge in [-0.2, -0.15) is 18.4 Å². The highest BCUT2D eigenvalue weighted by molar-refractivity contribution is 6.06. The molecule has 2 N–H and O–H groups in total. The normalized spacial score (nSPS) is 16.4. The van der Waals surface area contributed by atoms with Crippen molar-refractivity contribution in [3.8, 4) is 17.3 Å². The molecule has 5 rings (SSSR count). The molecule has 2 aromatic heterocycles. The van der Waals surface area contributed by atoms with Crippen LogP contribution in [0.4, 0.5) is 13.2 Å². The Morgan fingerprint density at radius 1 is 1.18 bits per heavy atom. The number of nitriles is 1. The van der Waals surface area contributed by atoms with Crippen LogP contribution in [0.2, 0.25) is 0 Å². The van der Waals surface area contributed by atoms with Crippen molar-refractivity contribution in [1.29, 1.82) is 5.26 Å². The van der Waals surface area contributed by atoms with Gasteiger partial charge in [-0.3, -0.25) is 10.1 Å². The second kappa shape index (κ2) is 9.72. The quantitative estimate of drug-likeness (QED) is 0.284. The summed E-state index contributed by atoms with van der Waals surface area (Å²) in [5.74, 6) is 0.218. The molecule has 2 atom stereocenters. The summed E-state index contributed by atoms with van der Waals surface area (Å²) in [6.45, 7) is 5.58. The smallest absolute Gasteiger partial charge is 0.407 e. The molecule has 7 nitrogen and oxygen atoms in total. The van der Waals surface area contributed by atoms with Gasteiger partial charge < -0.3 is 14.3 Å². The molecule has 1 aliphatic rings. The molecule has 204 valence electrons. The molecule has 1 saturated carbocycles. The number of halogens is 3. The van der Waals surface area contributed by atoms with Crippen LogP contribution < -0.4 is 10.6 Å². The van der Waals surface area contributed by atoms with Gasteiger partial charge in [0, 0.05) is 29.6 Å². The van der Waals surface area contributed by atoms with Gasteiger partial charge >= 0.3 is 6.18 Å². The number of hydrogen-bond acceptors (Lipinski definition) is 5. The lowest BCUT2D eigenvalue weighted by atomic mass is 9.98. The van der Waals surface area contributed by atoms with E-state index in [1.54, 1.807) is 12.1 Å². The van der Waals surface area contributed by atoms with Gasteiger partial charge in [0.1, 0.15) is 28.6 Å². The van der Waals surface area contributed by atoms with Crippen molar-refractivity contribution in [3.63, 3.8) is 0 Å². The lowest BCUT2D eigenvalue weighted by molar-refractivity contribution is -0.161. The molecule has 0 saturated heterocycles. The molecule has 2 unspecified atom stereocenters. The van der Waals surface area contributed by atoms with Crippen LogP contribution in [-0.2, 0) is 11.8 Å². The van der Waals surface area contributed by atoms with Gasteiger partial charge in [0.2, 0.25) is 5.91 Å². The second-order valence-corrected chi connectivity index (χ2v) is 10.9. The zero-order chi connectivity index (χ0) is 28.1. The minimum Gasteiger partial charge on any atom is -0.456 e. The lowest BCUT2D eigenvalue weighted by Gasteiger charge is -2.29. The number of nitrogens with zero attached hydrogens (tertiary/aromatic N) is 3. The van der Waals surface area contributed by atoms with Crippen LogP contribution in [0.1, 0.15) is 50.5 Å². The van der Waals surface area contributed by atoms with Crippen molar-refractivity contribution >= 4 is 27.8 Å². The summed E-state index contributed by atoms with van der Waals surface area (Å²) in [4.78, 5) is 17.5. The molecule has 0 bridgehead atoms. The van der Waals surface area contributed by atoms with E-state index >= 15 is 0 Å². The van der Waals surface area contributed by atoms with Gasteiger partial charge in [-0.15, -0.1) is 0 Å². The van der Waals surface area contributed by atoms with Crippen LogP contribution in [0.25, 0.3) is 33.2 Å². The minimum absolute atomic E-state index is 0.0469. The fourth-order valence-electron chi connectivity index (χ4n) is 4.85. The zero-order valence-electron chi connectivity index (χ0n) is 22.2. The number of imidazole rings is 1. The largest absolute Gasteiger partial charge is 0.456 e. The highest BCUT2D eigenvalue weighted by Crippen LogP contribution is 2.39. The summed E-state index contributed by atoms with van der Waals surface area (Å²) in [6, 6.07) is 8.84. The molecule has 2 aromatic carbocycles. The highest BCUT2D eigenvalue weighted by Gasteiger charge is 2.47. The maximum atomic E-state index is 14.4. The van der Waals surface area contributed by atoms with Crippen LogP contribution in [0.15, 0.2) is 47.0 Å². The van der Waals surface area contributed by atoms with Crippen molar-refractivity contribution in [2.45, 2.75) is 63.8 Å². The first-order chi connectivity index (χ1) is 18.4. The number of aromatic nitrogens is 2. The van der Waals surface area contributed by atoms with E-state index in [4.69, 9.17) is 4.42 Å². The predicted octanol–water partition coefficient (Wildman–Crippen LogP) is 6.08. The van der Waals surface area contributed by atoms with E-state index in [9.17, 15) is 23.2 Å². The number of fused-ring (bicyclic) bond motifs is 3. The first kappa shape index (κ1) is 26.8. The first-order valence-electron chi connectivity index (χ1n) is 12.9. The third kappa shape index (κ3) is 5.36. The van der Waals surface area contributed by atoms with E-state index in [0.717, 1.165) is 22.5 Å². The summed E-state index contributed by atoms with van der Waals surface area (Å²) in [7, 11) is 1.91. The first-order valence-corrected chi connectivity index (χ1v) is 12.9. The Hall–Kier alpha value is -3.84. The molecule has 0 radical (unpaired) electrons. The van der Waals surface area contributed by atoms with Gasteiger partial charge in [-0.25, -0.2) is 4.98 Å². The average Bonchev–Trinajstić information content (AvgIpc) is 3.43. The van der Waals surface area contributed by atoms with Gasteiger partial charge in [0.15, 0.2) is 0 Å². The number of rotatable bonds is 8. The van der Waals surface area contributed by atoms with Gasteiger partial charge in [0.05, 0.1) is 17.8 Å². The van der Waals surface area contributed by atoms with Crippen LogP contribution in [0.5, 0.6) is 0 Å². The molecule has 0 aliphatic heterocycles. The standard InChI is InChI=1S/C29H30F3N5O2/c1-16(2)11-22(27(38)36-28(15-33)9-10-28)35-26(29(30,31)32)19-5-7-20-21-12-18(23-14-37(4)17(3)34-23)6-8-24(21)39-25(20)13-19/h5-8,12-14,16,22,26,35H,9-11H2,1-4H3,(H,36,38). The molecule has 39 heavy (non-hydrogen) atoms. The molecule has 4 aromatic rings. The molecule has 1 amide bonds. The van der Waals surface area contributed by atoms with E-state index in [-0.39, 0.29) is 17.9 Å².